The van der Waals surface area contributed by atoms with Crippen molar-refractivity contribution in [3.63, 3.8) is 0 Å². The number of carbonyl (C=O) groups excluding carboxylic acids is 2. The molecule has 28 heavy (non-hydrogen) atoms. The lowest BCUT2D eigenvalue weighted by atomic mass is 10.3. The molecule has 0 bridgehead atoms. The number of nitrogens with zero attached hydrogens (tertiary/aromatic N) is 2. The normalized spacial score (nSPS) is 11.3. The van der Waals surface area contributed by atoms with Crippen LogP contribution in [0.1, 0.15) is 17.4 Å². The van der Waals surface area contributed by atoms with Gasteiger partial charge in [0.15, 0.2) is 0 Å². The minimum absolute atomic E-state index is 0.0910. The molecule has 0 saturated heterocycles. The molecule has 2 rings (SSSR count). The van der Waals surface area contributed by atoms with Crippen LogP contribution in [-0.4, -0.2) is 56.5 Å². The number of rotatable bonds is 8. The Bertz CT molecular complexity index is 950. The lowest BCUT2D eigenvalue weighted by molar-refractivity contribution is -0.116. The van der Waals surface area contributed by atoms with Crippen molar-refractivity contribution in [2.24, 2.45) is 7.05 Å². The van der Waals surface area contributed by atoms with Crippen molar-refractivity contribution < 1.29 is 27.5 Å². The molecule has 0 radical (unpaired) electrons. The van der Waals surface area contributed by atoms with E-state index in [0.29, 0.717) is 18.0 Å². The van der Waals surface area contributed by atoms with Crippen molar-refractivity contribution in [3.8, 4) is 5.75 Å². The molecule has 0 unspecified atom stereocenters. The molecule has 152 valence electrons. The molecule has 9 nitrogen and oxygen atoms in total. The van der Waals surface area contributed by atoms with Crippen LogP contribution in [0.15, 0.2) is 41.4 Å². The molecule has 0 aliphatic heterocycles. The van der Waals surface area contributed by atoms with Crippen molar-refractivity contribution in [1.29, 1.82) is 0 Å². The van der Waals surface area contributed by atoms with Crippen molar-refractivity contribution >= 4 is 27.6 Å². The van der Waals surface area contributed by atoms with Gasteiger partial charge in [-0.05, 0) is 37.3 Å². The summed E-state index contributed by atoms with van der Waals surface area (Å²) in [4.78, 5) is 23.8. The van der Waals surface area contributed by atoms with E-state index in [1.165, 1.54) is 38.0 Å². The third-order valence-corrected chi connectivity index (χ3v) is 5.67. The monoisotopic (exact) mass is 409 g/mol. The van der Waals surface area contributed by atoms with Crippen LogP contribution in [0.2, 0.25) is 0 Å². The van der Waals surface area contributed by atoms with Gasteiger partial charge in [-0.2, -0.15) is 4.31 Å². The fourth-order valence-corrected chi connectivity index (χ4v) is 3.65. The zero-order valence-electron chi connectivity index (χ0n) is 16.1. The average molecular weight is 409 g/mol. The Morgan fingerprint density at radius 2 is 1.86 bits per heavy atom. The van der Waals surface area contributed by atoms with Gasteiger partial charge in [-0.3, -0.25) is 4.79 Å². The van der Waals surface area contributed by atoms with E-state index in [2.05, 4.69) is 10.1 Å². The number of sulfonamides is 1. The molecule has 1 N–H and O–H groups in total. The van der Waals surface area contributed by atoms with E-state index in [1.54, 1.807) is 24.3 Å². The molecule has 2 aromatic rings. The third kappa shape index (κ3) is 4.90. The van der Waals surface area contributed by atoms with Gasteiger partial charge in [-0.1, -0.05) is 0 Å². The van der Waals surface area contributed by atoms with Crippen LogP contribution < -0.4 is 10.1 Å². The van der Waals surface area contributed by atoms with Gasteiger partial charge < -0.3 is 19.4 Å². The number of benzene rings is 1. The highest BCUT2D eigenvalue weighted by Gasteiger charge is 2.26. The number of esters is 1. The Hall–Kier alpha value is -2.85. The van der Waals surface area contributed by atoms with Gasteiger partial charge in [0.2, 0.25) is 15.9 Å². The molecular weight excluding hydrogens is 386 g/mol. The number of ether oxygens (including phenoxy) is 2. The Balaban J connectivity index is 2.07. The molecule has 0 fully saturated rings. The van der Waals surface area contributed by atoms with Gasteiger partial charge in [0, 0.05) is 26.0 Å². The quantitative estimate of drug-likeness (QED) is 0.662. The standard InChI is InChI=1S/C18H23N3O6S/c1-5-27-14-8-6-13(7-9-14)19-17(22)12-21(3)28(24,25)15-10-16(18(23)26-4)20(2)11-15/h6-11H,5,12H2,1-4H3,(H,19,22). The first-order valence-corrected chi connectivity index (χ1v) is 9.86. The third-order valence-electron chi connectivity index (χ3n) is 3.90. The van der Waals surface area contributed by atoms with Gasteiger partial charge in [0.1, 0.15) is 16.3 Å². The number of aromatic nitrogens is 1. The highest BCUT2D eigenvalue weighted by Crippen LogP contribution is 2.19. The number of hydrogen-bond donors (Lipinski definition) is 1. The highest BCUT2D eigenvalue weighted by molar-refractivity contribution is 7.89. The van der Waals surface area contributed by atoms with Crippen molar-refractivity contribution in [1.82, 2.24) is 8.87 Å². The van der Waals surface area contributed by atoms with E-state index in [1.807, 2.05) is 6.92 Å². The summed E-state index contributed by atoms with van der Waals surface area (Å²) in [6, 6.07) is 7.95. The average Bonchev–Trinajstić information content (AvgIpc) is 3.05. The van der Waals surface area contributed by atoms with E-state index in [0.717, 1.165) is 4.31 Å². The fourth-order valence-electron chi connectivity index (χ4n) is 2.45. The zero-order valence-corrected chi connectivity index (χ0v) is 16.9. The van der Waals surface area contributed by atoms with Crippen molar-refractivity contribution in [2.75, 3.05) is 32.6 Å². The van der Waals surface area contributed by atoms with Crippen LogP contribution in [0.3, 0.4) is 0 Å². The first-order valence-electron chi connectivity index (χ1n) is 8.42. The predicted molar refractivity (Wildman–Crippen MR) is 103 cm³/mol. The summed E-state index contributed by atoms with van der Waals surface area (Å²) in [5.74, 6) is -0.482. The van der Waals surface area contributed by atoms with Crippen molar-refractivity contribution in [2.45, 2.75) is 11.8 Å². The molecular formula is C18H23N3O6S. The second-order valence-electron chi connectivity index (χ2n) is 5.93. The van der Waals surface area contributed by atoms with Crippen LogP contribution >= 0.6 is 0 Å². The molecule has 0 atom stereocenters. The van der Waals surface area contributed by atoms with Gasteiger partial charge >= 0.3 is 5.97 Å². The maximum absolute atomic E-state index is 12.7. The van der Waals surface area contributed by atoms with E-state index in [-0.39, 0.29) is 10.6 Å². The maximum atomic E-state index is 12.7. The Kier molecular flexibility index (Phi) is 6.81. The summed E-state index contributed by atoms with van der Waals surface area (Å²) in [5, 5.41) is 2.63. The summed E-state index contributed by atoms with van der Waals surface area (Å²) in [6.45, 7) is 2.01. The first-order chi connectivity index (χ1) is 13.2. The number of hydrogen-bond acceptors (Lipinski definition) is 6. The van der Waals surface area contributed by atoms with E-state index < -0.39 is 28.4 Å². The van der Waals surface area contributed by atoms with Gasteiger partial charge in [0.05, 0.1) is 20.3 Å². The summed E-state index contributed by atoms with van der Waals surface area (Å²) in [7, 11) is 0.0705. The largest absolute Gasteiger partial charge is 0.494 e. The van der Waals surface area contributed by atoms with Gasteiger partial charge in [0.25, 0.3) is 0 Å². The molecule has 1 heterocycles. The van der Waals surface area contributed by atoms with Crippen LogP contribution in [0, 0.1) is 0 Å². The Labute approximate surface area is 163 Å². The summed E-state index contributed by atoms with van der Waals surface area (Å²) < 4.78 is 37.6. The van der Waals surface area contributed by atoms with Crippen LogP contribution in [0.4, 0.5) is 5.69 Å². The minimum Gasteiger partial charge on any atom is -0.494 e. The molecule has 1 aromatic carbocycles. The zero-order chi connectivity index (χ0) is 20.9. The number of amides is 1. The van der Waals surface area contributed by atoms with Gasteiger partial charge in [-0.25, -0.2) is 13.2 Å². The molecule has 0 aliphatic carbocycles. The molecule has 1 aromatic heterocycles. The van der Waals surface area contributed by atoms with Crippen LogP contribution in [0.5, 0.6) is 5.75 Å². The first kappa shape index (κ1) is 21.5. The molecule has 0 aliphatic rings. The number of methoxy groups -OCH3 is 1. The van der Waals surface area contributed by atoms with Crippen LogP contribution in [-0.2, 0) is 26.6 Å². The second-order valence-corrected chi connectivity index (χ2v) is 7.98. The SMILES string of the molecule is CCOc1ccc(NC(=O)CN(C)S(=O)(=O)c2cc(C(=O)OC)n(C)c2)cc1. The summed E-state index contributed by atoms with van der Waals surface area (Å²) >= 11 is 0. The predicted octanol–water partition coefficient (Wildman–Crippen LogP) is 1.47. The van der Waals surface area contributed by atoms with Crippen molar-refractivity contribution in [3.05, 3.63) is 42.2 Å². The molecule has 10 heteroatoms. The lowest BCUT2D eigenvalue weighted by Gasteiger charge is -2.16. The summed E-state index contributed by atoms with van der Waals surface area (Å²) in [5.41, 5.74) is 0.611. The van der Waals surface area contributed by atoms with E-state index >= 15 is 0 Å². The second kappa shape index (κ2) is 8.89. The smallest absolute Gasteiger partial charge is 0.354 e. The molecule has 1 amide bonds. The van der Waals surface area contributed by atoms with Gasteiger partial charge in [-0.15, -0.1) is 0 Å². The number of aryl methyl sites for hydroxylation is 1. The Morgan fingerprint density at radius 3 is 2.43 bits per heavy atom. The maximum Gasteiger partial charge on any atom is 0.354 e. The number of likely N-dealkylation sites (N-methyl/N-ethyl adjacent to an activating group) is 1. The lowest BCUT2D eigenvalue weighted by Crippen LogP contribution is -2.34. The highest BCUT2D eigenvalue weighted by atomic mass is 32.2. The number of nitrogens with one attached hydrogen (secondary N) is 1. The molecule has 0 saturated carbocycles. The number of anilines is 1. The van der Waals surface area contributed by atoms with E-state index in [4.69, 9.17) is 4.74 Å². The van der Waals surface area contributed by atoms with E-state index in [9.17, 15) is 18.0 Å². The number of carbonyl (C=O) groups is 2. The Morgan fingerprint density at radius 1 is 1.21 bits per heavy atom. The summed E-state index contributed by atoms with van der Waals surface area (Å²) in [6.07, 6.45) is 1.29. The minimum atomic E-state index is -3.96. The van der Waals surface area contributed by atoms with Crippen LogP contribution in [0.25, 0.3) is 0 Å². The fraction of sp³-hybridized carbons (Fsp3) is 0.333. The molecule has 0 spiro atoms. The topological polar surface area (TPSA) is 107 Å².